The van der Waals surface area contributed by atoms with E-state index in [4.69, 9.17) is 0 Å². The number of hydrogen-bond acceptors (Lipinski definition) is 5. The fourth-order valence-electron chi connectivity index (χ4n) is 2.37. The first-order valence-electron chi connectivity index (χ1n) is 8.02. The third-order valence-electron chi connectivity index (χ3n) is 3.86. The Morgan fingerprint density at radius 2 is 2.00 bits per heavy atom. The second kappa shape index (κ2) is 7.86. The van der Waals surface area contributed by atoms with Gasteiger partial charge in [-0.05, 0) is 48.4 Å². The minimum atomic E-state index is -2.90. The highest BCUT2D eigenvalue weighted by molar-refractivity contribution is 8.18. The topological polar surface area (TPSA) is 75.7 Å². The van der Waals surface area contributed by atoms with Crippen LogP contribution >= 0.6 is 11.8 Å². The van der Waals surface area contributed by atoms with Crippen molar-refractivity contribution in [3.8, 4) is 5.75 Å². The van der Waals surface area contributed by atoms with Crippen LogP contribution in [0.1, 0.15) is 18.4 Å². The van der Waals surface area contributed by atoms with Gasteiger partial charge in [0.2, 0.25) is 5.91 Å². The Kier molecular flexibility index (Phi) is 5.55. The number of rotatable bonds is 7. The van der Waals surface area contributed by atoms with Crippen molar-refractivity contribution in [1.82, 2.24) is 10.2 Å². The number of imide groups is 1. The Labute approximate surface area is 152 Å². The molecule has 3 amide bonds. The third-order valence-corrected chi connectivity index (χ3v) is 4.77. The van der Waals surface area contributed by atoms with Crippen molar-refractivity contribution in [3.05, 3.63) is 34.7 Å². The lowest BCUT2D eigenvalue weighted by Gasteiger charge is -2.12. The van der Waals surface area contributed by atoms with Gasteiger partial charge in [0.15, 0.2) is 0 Å². The number of carbonyl (C=O) groups is 3. The van der Waals surface area contributed by atoms with E-state index in [1.807, 2.05) is 0 Å². The molecule has 2 fully saturated rings. The van der Waals surface area contributed by atoms with Crippen LogP contribution in [0.4, 0.5) is 13.6 Å². The lowest BCUT2D eigenvalue weighted by molar-refractivity contribution is -0.124. The van der Waals surface area contributed by atoms with Crippen LogP contribution in [0.5, 0.6) is 5.75 Å². The Morgan fingerprint density at radius 1 is 1.31 bits per heavy atom. The highest BCUT2D eigenvalue weighted by Crippen LogP contribution is 2.32. The van der Waals surface area contributed by atoms with E-state index in [1.165, 1.54) is 30.3 Å². The molecule has 138 valence electrons. The second-order valence-electron chi connectivity index (χ2n) is 5.85. The fourth-order valence-corrected chi connectivity index (χ4v) is 3.24. The molecule has 0 spiro atoms. The molecular formula is C17H16F2N2O4S. The van der Waals surface area contributed by atoms with Gasteiger partial charge in [0.05, 0.1) is 4.91 Å². The summed E-state index contributed by atoms with van der Waals surface area (Å²) in [6.45, 7) is -2.57. The summed E-state index contributed by atoms with van der Waals surface area (Å²) in [5.74, 6) is -0.398. The third kappa shape index (κ3) is 4.60. The molecular weight excluding hydrogens is 366 g/mol. The van der Waals surface area contributed by atoms with Gasteiger partial charge in [0, 0.05) is 19.0 Å². The average Bonchev–Trinajstić information content (AvgIpc) is 3.40. The summed E-state index contributed by atoms with van der Waals surface area (Å²) in [4.78, 5) is 37.2. The lowest BCUT2D eigenvalue weighted by Crippen LogP contribution is -2.37. The Bertz CT molecular complexity index is 748. The number of nitrogens with one attached hydrogen (secondary N) is 1. The molecule has 0 aromatic heterocycles. The summed E-state index contributed by atoms with van der Waals surface area (Å²) < 4.78 is 28.5. The molecule has 9 heteroatoms. The Hall–Kier alpha value is -2.42. The maximum atomic E-state index is 12.3. The lowest BCUT2D eigenvalue weighted by atomic mass is 10.2. The van der Waals surface area contributed by atoms with Crippen LogP contribution in [0.3, 0.4) is 0 Å². The number of benzene rings is 1. The average molecular weight is 382 g/mol. The van der Waals surface area contributed by atoms with Gasteiger partial charge in [-0.3, -0.25) is 19.3 Å². The summed E-state index contributed by atoms with van der Waals surface area (Å²) in [7, 11) is 0. The van der Waals surface area contributed by atoms with E-state index in [0.717, 1.165) is 29.5 Å². The van der Waals surface area contributed by atoms with Crippen molar-refractivity contribution in [2.75, 3.05) is 13.1 Å². The van der Waals surface area contributed by atoms with E-state index < -0.39 is 17.8 Å². The molecule has 1 N–H and O–H groups in total. The number of amides is 3. The minimum Gasteiger partial charge on any atom is -0.435 e. The predicted molar refractivity (Wildman–Crippen MR) is 91.5 cm³/mol. The molecule has 1 saturated carbocycles. The molecule has 1 aromatic rings. The number of halogens is 2. The van der Waals surface area contributed by atoms with Crippen molar-refractivity contribution in [2.45, 2.75) is 19.5 Å². The highest BCUT2D eigenvalue weighted by atomic mass is 32.2. The first-order chi connectivity index (χ1) is 12.4. The van der Waals surface area contributed by atoms with Crippen LogP contribution in [-0.4, -0.2) is 41.7 Å². The van der Waals surface area contributed by atoms with Crippen LogP contribution in [0.25, 0.3) is 6.08 Å². The molecule has 1 saturated heterocycles. The first-order valence-corrected chi connectivity index (χ1v) is 8.83. The van der Waals surface area contributed by atoms with Gasteiger partial charge in [0.1, 0.15) is 5.75 Å². The zero-order chi connectivity index (χ0) is 18.7. The van der Waals surface area contributed by atoms with Gasteiger partial charge in [-0.2, -0.15) is 8.78 Å². The summed E-state index contributed by atoms with van der Waals surface area (Å²) in [5.41, 5.74) is 0.583. The fraction of sp³-hybridized carbons (Fsp3) is 0.353. The van der Waals surface area contributed by atoms with Gasteiger partial charge < -0.3 is 10.1 Å². The van der Waals surface area contributed by atoms with Crippen molar-refractivity contribution < 1.29 is 27.9 Å². The summed E-state index contributed by atoms with van der Waals surface area (Å²) in [5, 5.41) is 2.31. The van der Waals surface area contributed by atoms with Gasteiger partial charge in [0.25, 0.3) is 11.1 Å². The van der Waals surface area contributed by atoms with E-state index in [-0.39, 0.29) is 35.6 Å². The standard InChI is InChI=1S/C17H16F2N2O4S/c18-16(19)25-12-5-1-10(2-6-12)9-13-15(23)21(17(24)26-13)8-7-20-14(22)11-3-4-11/h1-2,5-6,9,11,16H,3-4,7-8H2,(H,20,22)/b13-9-. The zero-order valence-electron chi connectivity index (χ0n) is 13.6. The SMILES string of the molecule is O=C(NCCN1C(=O)S/C(=C\c2ccc(OC(F)F)cc2)C1=O)C1CC1. The Balaban J connectivity index is 1.58. The minimum absolute atomic E-state index is 0.0108. The van der Waals surface area contributed by atoms with Crippen LogP contribution < -0.4 is 10.1 Å². The summed E-state index contributed by atoms with van der Waals surface area (Å²) in [6, 6.07) is 5.74. The summed E-state index contributed by atoms with van der Waals surface area (Å²) in [6.07, 6.45) is 3.29. The number of nitrogens with zero attached hydrogens (tertiary/aromatic N) is 1. The van der Waals surface area contributed by atoms with Gasteiger partial charge in [-0.25, -0.2) is 0 Å². The molecule has 1 heterocycles. The molecule has 2 aliphatic rings. The molecule has 1 aromatic carbocycles. The molecule has 3 rings (SSSR count). The monoisotopic (exact) mass is 382 g/mol. The van der Waals surface area contributed by atoms with E-state index in [2.05, 4.69) is 10.1 Å². The van der Waals surface area contributed by atoms with Gasteiger partial charge in [-0.1, -0.05) is 12.1 Å². The molecule has 1 aliphatic heterocycles. The number of hydrogen-bond donors (Lipinski definition) is 1. The largest absolute Gasteiger partial charge is 0.435 e. The molecule has 1 aliphatic carbocycles. The van der Waals surface area contributed by atoms with Gasteiger partial charge in [-0.15, -0.1) is 0 Å². The van der Waals surface area contributed by atoms with Crippen LogP contribution in [0.2, 0.25) is 0 Å². The number of thioether (sulfide) groups is 1. The highest BCUT2D eigenvalue weighted by Gasteiger charge is 2.35. The van der Waals surface area contributed by atoms with Crippen LogP contribution in [-0.2, 0) is 9.59 Å². The zero-order valence-corrected chi connectivity index (χ0v) is 14.4. The van der Waals surface area contributed by atoms with Crippen molar-refractivity contribution in [3.63, 3.8) is 0 Å². The quantitative estimate of drug-likeness (QED) is 0.734. The number of carbonyl (C=O) groups excluding carboxylic acids is 3. The normalized spacial score (nSPS) is 18.7. The molecule has 0 bridgehead atoms. The maximum absolute atomic E-state index is 12.3. The molecule has 6 nitrogen and oxygen atoms in total. The van der Waals surface area contributed by atoms with E-state index in [1.54, 1.807) is 0 Å². The maximum Gasteiger partial charge on any atom is 0.387 e. The van der Waals surface area contributed by atoms with Crippen molar-refractivity contribution in [2.24, 2.45) is 5.92 Å². The van der Waals surface area contributed by atoms with Crippen LogP contribution in [0, 0.1) is 5.92 Å². The smallest absolute Gasteiger partial charge is 0.387 e. The van der Waals surface area contributed by atoms with Crippen molar-refractivity contribution >= 4 is 34.9 Å². The predicted octanol–water partition coefficient (Wildman–Crippen LogP) is 2.85. The molecule has 26 heavy (non-hydrogen) atoms. The number of alkyl halides is 2. The molecule has 0 atom stereocenters. The van der Waals surface area contributed by atoms with E-state index >= 15 is 0 Å². The summed E-state index contributed by atoms with van der Waals surface area (Å²) >= 11 is 0.804. The van der Waals surface area contributed by atoms with Crippen molar-refractivity contribution in [1.29, 1.82) is 0 Å². The number of ether oxygens (including phenoxy) is 1. The van der Waals surface area contributed by atoms with E-state index in [9.17, 15) is 23.2 Å². The first kappa shape index (κ1) is 18.4. The van der Waals surface area contributed by atoms with Crippen LogP contribution in [0.15, 0.2) is 29.2 Å². The van der Waals surface area contributed by atoms with E-state index in [0.29, 0.717) is 5.56 Å². The van der Waals surface area contributed by atoms with Gasteiger partial charge >= 0.3 is 6.61 Å². The second-order valence-corrected chi connectivity index (χ2v) is 6.84. The Morgan fingerprint density at radius 3 is 2.62 bits per heavy atom. The molecule has 0 unspecified atom stereocenters. The molecule has 0 radical (unpaired) electrons.